The highest BCUT2D eigenvalue weighted by Gasteiger charge is 2.16. The Labute approximate surface area is 158 Å². The average molecular weight is 363 g/mol. The molecule has 4 nitrogen and oxygen atoms in total. The zero-order valence-corrected chi connectivity index (χ0v) is 16.0. The van der Waals surface area contributed by atoms with Crippen molar-refractivity contribution in [3.05, 3.63) is 59.7 Å². The van der Waals surface area contributed by atoms with Gasteiger partial charge in [-0.15, -0.1) is 10.2 Å². The van der Waals surface area contributed by atoms with Crippen LogP contribution >= 0.6 is 11.8 Å². The molecule has 3 rings (SSSR count). The third-order valence-electron chi connectivity index (χ3n) is 4.12. The smallest absolute Gasteiger partial charge is 0.196 e. The molecule has 0 N–H and O–H groups in total. The fraction of sp³-hybridized carbons (Fsp3) is 0.286. The van der Waals surface area contributed by atoms with Crippen molar-refractivity contribution in [3.63, 3.8) is 0 Å². The normalized spacial score (nSPS) is 10.7. The number of nitriles is 1. The molecule has 0 amide bonds. The molecule has 1 aromatic heterocycles. The van der Waals surface area contributed by atoms with E-state index in [0.717, 1.165) is 40.8 Å². The van der Waals surface area contributed by atoms with Gasteiger partial charge in [0.2, 0.25) is 0 Å². The summed E-state index contributed by atoms with van der Waals surface area (Å²) in [5.41, 5.74) is 4.56. The van der Waals surface area contributed by atoms with E-state index in [0.29, 0.717) is 6.42 Å². The minimum Gasteiger partial charge on any atom is -0.270 e. The molecule has 0 radical (unpaired) electrons. The van der Waals surface area contributed by atoms with Crippen LogP contribution in [0.25, 0.3) is 17.1 Å². The van der Waals surface area contributed by atoms with Gasteiger partial charge in [-0.25, -0.2) is 0 Å². The van der Waals surface area contributed by atoms with Gasteiger partial charge in [0.1, 0.15) is 0 Å². The van der Waals surface area contributed by atoms with E-state index < -0.39 is 0 Å². The molecular formula is C21H22N4S. The minimum atomic E-state index is 0.611. The maximum Gasteiger partial charge on any atom is 0.196 e. The molecule has 0 spiro atoms. The number of rotatable bonds is 7. The number of benzene rings is 2. The molecule has 26 heavy (non-hydrogen) atoms. The summed E-state index contributed by atoms with van der Waals surface area (Å²) in [6.07, 6.45) is 2.53. The van der Waals surface area contributed by atoms with Crippen LogP contribution in [0.1, 0.15) is 30.4 Å². The third-order valence-corrected chi connectivity index (χ3v) is 5.13. The largest absolute Gasteiger partial charge is 0.270 e. The Balaban J connectivity index is 1.94. The monoisotopic (exact) mass is 362 g/mol. The Morgan fingerprint density at radius 2 is 1.81 bits per heavy atom. The predicted molar refractivity (Wildman–Crippen MR) is 106 cm³/mol. The summed E-state index contributed by atoms with van der Waals surface area (Å²) < 4.78 is 2.13. The Hall–Kier alpha value is -2.58. The van der Waals surface area contributed by atoms with Crippen molar-refractivity contribution < 1.29 is 0 Å². The molecule has 0 unspecified atom stereocenters. The molecule has 0 saturated carbocycles. The molecule has 0 fully saturated rings. The van der Waals surface area contributed by atoms with Gasteiger partial charge in [0.05, 0.1) is 6.07 Å². The molecule has 0 bridgehead atoms. The van der Waals surface area contributed by atoms with Gasteiger partial charge in [-0.1, -0.05) is 53.2 Å². The lowest BCUT2D eigenvalue weighted by atomic mass is 10.1. The first-order chi connectivity index (χ1) is 12.7. The predicted octanol–water partition coefficient (Wildman–Crippen LogP) is 5.34. The van der Waals surface area contributed by atoms with Crippen LogP contribution in [-0.2, 0) is 0 Å². The van der Waals surface area contributed by atoms with E-state index in [1.807, 2.05) is 6.07 Å². The topological polar surface area (TPSA) is 54.5 Å². The molecule has 0 atom stereocenters. The Morgan fingerprint density at radius 3 is 2.54 bits per heavy atom. The number of hydrogen-bond donors (Lipinski definition) is 0. The van der Waals surface area contributed by atoms with Crippen LogP contribution in [0.3, 0.4) is 0 Å². The fourth-order valence-electron chi connectivity index (χ4n) is 2.73. The van der Waals surface area contributed by atoms with E-state index >= 15 is 0 Å². The second kappa shape index (κ2) is 8.68. The molecule has 2 aromatic carbocycles. The van der Waals surface area contributed by atoms with Crippen LogP contribution in [0.5, 0.6) is 0 Å². The summed E-state index contributed by atoms with van der Waals surface area (Å²) in [6.45, 7) is 4.17. The molecule has 0 aliphatic rings. The number of unbranched alkanes of at least 4 members (excludes halogenated alkanes) is 2. The lowest BCUT2D eigenvalue weighted by Gasteiger charge is -2.11. The SMILES string of the molecule is Cc1ccc(-n2c(SCCCCC#N)nnc2-c2cccc(C)c2)cc1. The van der Waals surface area contributed by atoms with Crippen LogP contribution in [0, 0.1) is 25.2 Å². The Bertz CT molecular complexity index is 907. The van der Waals surface area contributed by atoms with Crippen LogP contribution in [-0.4, -0.2) is 20.5 Å². The number of nitrogens with zero attached hydrogens (tertiary/aromatic N) is 4. The summed E-state index contributed by atoms with van der Waals surface area (Å²) in [7, 11) is 0. The molecular weight excluding hydrogens is 340 g/mol. The molecule has 0 saturated heterocycles. The highest BCUT2D eigenvalue weighted by atomic mass is 32.2. The highest BCUT2D eigenvalue weighted by Crippen LogP contribution is 2.29. The van der Waals surface area contributed by atoms with E-state index in [2.05, 4.69) is 77.1 Å². The van der Waals surface area contributed by atoms with E-state index in [1.165, 1.54) is 11.1 Å². The lowest BCUT2D eigenvalue weighted by molar-refractivity contribution is 0.823. The molecule has 3 aromatic rings. The van der Waals surface area contributed by atoms with Crippen LogP contribution < -0.4 is 0 Å². The highest BCUT2D eigenvalue weighted by molar-refractivity contribution is 7.99. The van der Waals surface area contributed by atoms with Crippen molar-refractivity contribution >= 4 is 11.8 Å². The third kappa shape index (κ3) is 4.33. The van der Waals surface area contributed by atoms with Gasteiger partial charge in [-0.05, 0) is 44.9 Å². The number of hydrogen-bond acceptors (Lipinski definition) is 4. The van der Waals surface area contributed by atoms with Crippen molar-refractivity contribution in [2.75, 3.05) is 5.75 Å². The first kappa shape index (κ1) is 18.2. The van der Waals surface area contributed by atoms with Crippen molar-refractivity contribution in [2.45, 2.75) is 38.3 Å². The van der Waals surface area contributed by atoms with Gasteiger partial charge in [0.15, 0.2) is 11.0 Å². The van der Waals surface area contributed by atoms with Gasteiger partial charge >= 0.3 is 0 Å². The summed E-state index contributed by atoms with van der Waals surface area (Å²) >= 11 is 1.70. The minimum absolute atomic E-state index is 0.611. The van der Waals surface area contributed by atoms with Gasteiger partial charge < -0.3 is 0 Å². The quantitative estimate of drug-likeness (QED) is 0.421. The Kier molecular flexibility index (Phi) is 6.08. The van der Waals surface area contributed by atoms with Gasteiger partial charge in [0, 0.05) is 23.4 Å². The first-order valence-corrected chi connectivity index (χ1v) is 9.77. The second-order valence-corrected chi connectivity index (χ2v) is 7.37. The summed E-state index contributed by atoms with van der Waals surface area (Å²) in [4.78, 5) is 0. The van der Waals surface area contributed by atoms with Crippen molar-refractivity contribution in [2.24, 2.45) is 0 Å². The van der Waals surface area contributed by atoms with E-state index in [9.17, 15) is 0 Å². The Morgan fingerprint density at radius 1 is 1.00 bits per heavy atom. The van der Waals surface area contributed by atoms with Crippen molar-refractivity contribution in [1.82, 2.24) is 14.8 Å². The van der Waals surface area contributed by atoms with Crippen molar-refractivity contribution in [1.29, 1.82) is 5.26 Å². The maximum absolute atomic E-state index is 8.67. The van der Waals surface area contributed by atoms with E-state index in [-0.39, 0.29) is 0 Å². The van der Waals surface area contributed by atoms with Crippen molar-refractivity contribution in [3.8, 4) is 23.1 Å². The molecule has 0 aliphatic heterocycles. The van der Waals surface area contributed by atoms with Gasteiger partial charge in [-0.3, -0.25) is 4.57 Å². The maximum atomic E-state index is 8.67. The number of aromatic nitrogens is 3. The van der Waals surface area contributed by atoms with E-state index in [4.69, 9.17) is 5.26 Å². The average Bonchev–Trinajstić information content (AvgIpc) is 3.06. The number of thioether (sulfide) groups is 1. The summed E-state index contributed by atoms with van der Waals surface area (Å²) in [5, 5.41) is 18.5. The molecule has 1 heterocycles. The van der Waals surface area contributed by atoms with Crippen LogP contribution in [0.4, 0.5) is 0 Å². The second-order valence-electron chi connectivity index (χ2n) is 6.31. The first-order valence-electron chi connectivity index (χ1n) is 8.78. The van der Waals surface area contributed by atoms with Gasteiger partial charge in [-0.2, -0.15) is 5.26 Å². The zero-order chi connectivity index (χ0) is 18.4. The fourth-order valence-corrected chi connectivity index (χ4v) is 3.68. The molecule has 0 aliphatic carbocycles. The summed E-state index contributed by atoms with van der Waals surface area (Å²) in [5.74, 6) is 1.79. The lowest BCUT2D eigenvalue weighted by Crippen LogP contribution is -2.00. The summed E-state index contributed by atoms with van der Waals surface area (Å²) in [6, 6.07) is 19.0. The standard InChI is InChI=1S/C21H22N4S/c1-16-9-11-19(12-10-16)25-20(18-8-6-7-17(2)15-18)23-24-21(25)26-14-5-3-4-13-22/h6-12,15H,3-5,14H2,1-2H3. The zero-order valence-electron chi connectivity index (χ0n) is 15.1. The molecule has 5 heteroatoms. The van der Waals surface area contributed by atoms with Gasteiger partial charge in [0.25, 0.3) is 0 Å². The van der Waals surface area contributed by atoms with Crippen LogP contribution in [0.15, 0.2) is 53.7 Å². The van der Waals surface area contributed by atoms with E-state index in [1.54, 1.807) is 11.8 Å². The number of aryl methyl sites for hydroxylation is 2. The molecule has 132 valence electrons. The van der Waals surface area contributed by atoms with Crippen LogP contribution in [0.2, 0.25) is 0 Å².